The Morgan fingerprint density at radius 3 is 2.71 bits per heavy atom. The van der Waals surface area contributed by atoms with E-state index in [4.69, 9.17) is 10.2 Å². The van der Waals surface area contributed by atoms with Gasteiger partial charge in [0.2, 0.25) is 0 Å². The Morgan fingerprint density at radius 2 is 2.18 bits per heavy atom. The second-order valence-electron chi connectivity index (χ2n) is 3.27. The predicted molar refractivity (Wildman–Crippen MR) is 54.8 cm³/mol. The van der Waals surface area contributed by atoms with Crippen LogP contribution >= 0.6 is 0 Å². The van der Waals surface area contributed by atoms with E-state index < -0.39 is 23.7 Å². The fourth-order valence-electron chi connectivity index (χ4n) is 1.16. The molecule has 92 valence electrons. The number of carboxylic acids is 1. The number of carboxylic acid groups (broad SMARTS) is 1. The maximum absolute atomic E-state index is 12.8. The number of nitrogens with one attached hydrogen (secondary N) is 1. The van der Waals surface area contributed by atoms with Crippen molar-refractivity contribution in [3.63, 3.8) is 0 Å². The Hall–Kier alpha value is -2.02. The Labute approximate surface area is 96.1 Å². The molecule has 1 aromatic rings. The SMILES string of the molecule is O=C(NC(CCO)C(=O)O)c1cncc(F)c1. The molecule has 1 heterocycles. The van der Waals surface area contributed by atoms with E-state index in [9.17, 15) is 14.0 Å². The molecule has 17 heavy (non-hydrogen) atoms. The zero-order valence-corrected chi connectivity index (χ0v) is 8.76. The molecule has 0 saturated heterocycles. The third-order valence-corrected chi connectivity index (χ3v) is 1.99. The number of aliphatic hydroxyl groups excluding tert-OH is 1. The summed E-state index contributed by atoms with van der Waals surface area (Å²) >= 11 is 0. The van der Waals surface area contributed by atoms with Gasteiger partial charge in [0.25, 0.3) is 5.91 Å². The first-order valence-electron chi connectivity index (χ1n) is 4.79. The van der Waals surface area contributed by atoms with Crippen molar-refractivity contribution in [2.45, 2.75) is 12.5 Å². The molecule has 3 N–H and O–H groups in total. The van der Waals surface area contributed by atoms with Crippen LogP contribution in [0.2, 0.25) is 0 Å². The quantitative estimate of drug-likeness (QED) is 0.663. The molecule has 1 atom stereocenters. The van der Waals surface area contributed by atoms with Gasteiger partial charge in [0.1, 0.15) is 11.9 Å². The van der Waals surface area contributed by atoms with Gasteiger partial charge in [0, 0.05) is 19.2 Å². The normalized spacial score (nSPS) is 11.9. The van der Waals surface area contributed by atoms with Crippen LogP contribution in [0.25, 0.3) is 0 Å². The van der Waals surface area contributed by atoms with Gasteiger partial charge in [-0.3, -0.25) is 9.78 Å². The molecule has 0 bridgehead atoms. The van der Waals surface area contributed by atoms with Gasteiger partial charge in [0.15, 0.2) is 0 Å². The van der Waals surface area contributed by atoms with Crippen LogP contribution in [-0.2, 0) is 4.79 Å². The zero-order valence-electron chi connectivity index (χ0n) is 8.76. The summed E-state index contributed by atoms with van der Waals surface area (Å²) in [5.74, 6) is -2.71. The lowest BCUT2D eigenvalue weighted by Gasteiger charge is -2.12. The number of aliphatic carboxylic acids is 1. The maximum Gasteiger partial charge on any atom is 0.326 e. The van der Waals surface area contributed by atoms with Gasteiger partial charge in [0.05, 0.1) is 11.8 Å². The Kier molecular flexibility index (Phi) is 4.53. The Balaban J connectivity index is 2.73. The molecule has 0 radical (unpaired) electrons. The van der Waals surface area contributed by atoms with E-state index in [1.807, 2.05) is 0 Å². The number of halogens is 1. The second kappa shape index (κ2) is 5.90. The van der Waals surface area contributed by atoms with Crippen molar-refractivity contribution < 1.29 is 24.2 Å². The van der Waals surface area contributed by atoms with Crippen LogP contribution in [0.5, 0.6) is 0 Å². The molecule has 7 heteroatoms. The van der Waals surface area contributed by atoms with E-state index in [0.29, 0.717) is 0 Å². The molecule has 1 aromatic heterocycles. The van der Waals surface area contributed by atoms with Crippen LogP contribution in [0.4, 0.5) is 4.39 Å². The maximum atomic E-state index is 12.8. The van der Waals surface area contributed by atoms with Crippen molar-refractivity contribution in [2.24, 2.45) is 0 Å². The number of carbonyl (C=O) groups is 2. The minimum absolute atomic E-state index is 0.0748. The Bertz CT molecular complexity index is 425. The van der Waals surface area contributed by atoms with Crippen molar-refractivity contribution in [2.75, 3.05) is 6.61 Å². The van der Waals surface area contributed by atoms with E-state index in [2.05, 4.69) is 10.3 Å². The van der Waals surface area contributed by atoms with E-state index in [0.717, 1.165) is 18.5 Å². The third kappa shape index (κ3) is 3.80. The first-order valence-corrected chi connectivity index (χ1v) is 4.79. The van der Waals surface area contributed by atoms with Gasteiger partial charge >= 0.3 is 5.97 Å². The summed E-state index contributed by atoms with van der Waals surface area (Å²) in [6, 6.07) is -0.268. The predicted octanol–water partition coefficient (Wildman–Crippen LogP) is -0.214. The average molecular weight is 242 g/mol. The molecular formula is C10H11FN2O4. The summed E-state index contributed by atoms with van der Waals surface area (Å²) in [6.45, 7) is -0.376. The van der Waals surface area contributed by atoms with Crippen molar-refractivity contribution >= 4 is 11.9 Å². The number of nitrogens with zero attached hydrogens (tertiary/aromatic N) is 1. The van der Waals surface area contributed by atoms with Gasteiger partial charge in [-0.2, -0.15) is 0 Å². The van der Waals surface area contributed by atoms with Crippen molar-refractivity contribution in [3.8, 4) is 0 Å². The highest BCUT2D eigenvalue weighted by atomic mass is 19.1. The molecule has 0 spiro atoms. The number of amides is 1. The summed E-state index contributed by atoms with van der Waals surface area (Å²) in [5, 5.41) is 19.5. The highest BCUT2D eigenvalue weighted by molar-refractivity contribution is 5.96. The third-order valence-electron chi connectivity index (χ3n) is 1.99. The largest absolute Gasteiger partial charge is 0.480 e. The van der Waals surface area contributed by atoms with E-state index in [1.54, 1.807) is 0 Å². The molecule has 0 saturated carbocycles. The number of aliphatic hydroxyl groups is 1. The first kappa shape index (κ1) is 13.0. The molecule has 1 unspecified atom stereocenters. The molecule has 6 nitrogen and oxygen atoms in total. The molecule has 0 aliphatic carbocycles. The minimum atomic E-state index is -1.27. The topological polar surface area (TPSA) is 99.5 Å². The summed E-state index contributed by atoms with van der Waals surface area (Å²) in [6.07, 6.45) is 1.93. The minimum Gasteiger partial charge on any atom is -0.480 e. The van der Waals surface area contributed by atoms with Crippen LogP contribution in [-0.4, -0.2) is 39.7 Å². The molecule has 0 aliphatic heterocycles. The molecular weight excluding hydrogens is 231 g/mol. The molecule has 0 aromatic carbocycles. The van der Waals surface area contributed by atoms with Crippen molar-refractivity contribution in [1.82, 2.24) is 10.3 Å². The number of hydrogen-bond acceptors (Lipinski definition) is 4. The van der Waals surface area contributed by atoms with Gasteiger partial charge in [-0.1, -0.05) is 0 Å². The summed E-state index contributed by atoms with van der Waals surface area (Å²) in [5.41, 5.74) is -0.0748. The highest BCUT2D eigenvalue weighted by Crippen LogP contribution is 2.02. The summed E-state index contributed by atoms with van der Waals surface area (Å²) in [7, 11) is 0. The highest BCUT2D eigenvalue weighted by Gasteiger charge is 2.20. The monoisotopic (exact) mass is 242 g/mol. The Morgan fingerprint density at radius 1 is 1.47 bits per heavy atom. The van der Waals surface area contributed by atoms with Gasteiger partial charge in [-0.05, 0) is 6.07 Å². The van der Waals surface area contributed by atoms with Gasteiger partial charge < -0.3 is 15.5 Å². The molecule has 1 amide bonds. The summed E-state index contributed by atoms with van der Waals surface area (Å²) < 4.78 is 12.8. The number of pyridine rings is 1. The molecule has 1 rings (SSSR count). The molecule has 0 fully saturated rings. The zero-order chi connectivity index (χ0) is 12.8. The van der Waals surface area contributed by atoms with Crippen LogP contribution in [0.1, 0.15) is 16.8 Å². The van der Waals surface area contributed by atoms with E-state index in [-0.39, 0.29) is 18.6 Å². The average Bonchev–Trinajstić information content (AvgIpc) is 2.28. The van der Waals surface area contributed by atoms with Crippen LogP contribution in [0, 0.1) is 5.82 Å². The van der Waals surface area contributed by atoms with Gasteiger partial charge in [-0.15, -0.1) is 0 Å². The summed E-state index contributed by atoms with van der Waals surface area (Å²) in [4.78, 5) is 25.7. The fourth-order valence-corrected chi connectivity index (χ4v) is 1.16. The standard InChI is InChI=1S/C10H11FN2O4/c11-7-3-6(4-12-5-7)9(15)13-8(1-2-14)10(16)17/h3-5,8,14H,1-2H2,(H,13,15)(H,16,17). The number of rotatable bonds is 5. The number of hydrogen-bond donors (Lipinski definition) is 3. The first-order chi connectivity index (χ1) is 8.04. The number of aromatic nitrogens is 1. The van der Waals surface area contributed by atoms with Crippen LogP contribution in [0.3, 0.4) is 0 Å². The van der Waals surface area contributed by atoms with E-state index in [1.165, 1.54) is 0 Å². The van der Waals surface area contributed by atoms with Crippen molar-refractivity contribution in [3.05, 3.63) is 29.8 Å². The lowest BCUT2D eigenvalue weighted by atomic mass is 10.2. The van der Waals surface area contributed by atoms with Crippen LogP contribution < -0.4 is 5.32 Å². The lowest BCUT2D eigenvalue weighted by molar-refractivity contribution is -0.139. The molecule has 0 aliphatic rings. The van der Waals surface area contributed by atoms with E-state index >= 15 is 0 Å². The van der Waals surface area contributed by atoms with Crippen molar-refractivity contribution in [1.29, 1.82) is 0 Å². The lowest BCUT2D eigenvalue weighted by Crippen LogP contribution is -2.41. The second-order valence-corrected chi connectivity index (χ2v) is 3.27. The van der Waals surface area contributed by atoms with Gasteiger partial charge in [-0.25, -0.2) is 9.18 Å². The smallest absolute Gasteiger partial charge is 0.326 e. The fraction of sp³-hybridized carbons (Fsp3) is 0.300. The number of carbonyl (C=O) groups excluding carboxylic acids is 1. The van der Waals surface area contributed by atoms with Crippen LogP contribution in [0.15, 0.2) is 18.5 Å².